The second-order valence-electron chi connectivity index (χ2n) is 17.7. The van der Waals surface area contributed by atoms with Crippen LogP contribution in [0.2, 0.25) is 0 Å². The van der Waals surface area contributed by atoms with E-state index in [1.807, 2.05) is 12.1 Å². The second-order valence-corrected chi connectivity index (χ2v) is 17.7. The average Bonchev–Trinajstić information content (AvgIpc) is 3.98. The van der Waals surface area contributed by atoms with E-state index in [0.717, 1.165) is 72.5 Å². The zero-order valence-electron chi connectivity index (χ0n) is 37.7. The Morgan fingerprint density at radius 2 is 0.725 bits per heavy atom. The van der Waals surface area contributed by atoms with Crippen LogP contribution in [0.15, 0.2) is 271 Å². The number of furan rings is 1. The molecule has 0 aliphatic carbocycles. The summed E-state index contributed by atoms with van der Waals surface area (Å²) in [7, 11) is 0. The van der Waals surface area contributed by atoms with Gasteiger partial charge in [-0.25, -0.2) is 0 Å². The molecule has 3 nitrogen and oxygen atoms in total. The Hall–Kier alpha value is -9.18. The Balaban J connectivity index is 0.890. The van der Waals surface area contributed by atoms with Gasteiger partial charge in [-0.15, -0.1) is 0 Å². The van der Waals surface area contributed by atoms with Gasteiger partial charge in [-0.3, -0.25) is 0 Å². The summed E-state index contributed by atoms with van der Waals surface area (Å²) in [6.45, 7) is 0. The highest BCUT2D eigenvalue weighted by molar-refractivity contribution is 6.11. The van der Waals surface area contributed by atoms with Crippen molar-refractivity contribution in [1.82, 2.24) is 4.57 Å². The van der Waals surface area contributed by atoms with E-state index in [0.29, 0.717) is 0 Å². The molecule has 0 aliphatic rings. The molecule has 324 valence electrons. The van der Waals surface area contributed by atoms with Gasteiger partial charge in [0.25, 0.3) is 0 Å². The molecule has 13 aromatic rings. The molecular formula is C66H44N2O. The Bertz CT molecular complexity index is 3960. The molecule has 0 bridgehead atoms. The van der Waals surface area contributed by atoms with Crippen molar-refractivity contribution in [2.45, 2.75) is 0 Å². The third kappa shape index (κ3) is 7.16. The van der Waals surface area contributed by atoms with Gasteiger partial charge < -0.3 is 13.9 Å². The highest BCUT2D eigenvalue weighted by atomic mass is 16.3. The van der Waals surface area contributed by atoms with Gasteiger partial charge in [0.1, 0.15) is 11.2 Å². The fourth-order valence-corrected chi connectivity index (χ4v) is 10.3. The number of anilines is 3. The van der Waals surface area contributed by atoms with Crippen LogP contribution >= 0.6 is 0 Å². The standard InChI is InChI=1S/C66H44N2O/c1-2-16-45(17-3-1)49-18-12-19-50(42-49)52-21-14-23-55(44-52)67(53-40-38-48(39-41-53)57-28-15-29-61-60-27-7-11-33-65(60)69-66(57)61)54-22-13-20-51(43-54)46-34-36-47(37-35-46)56-24-4-8-30-62(56)68-63-31-9-5-25-58(63)59-26-6-10-32-64(59)68/h1-44H. The Kier molecular flexibility index (Phi) is 9.84. The van der Waals surface area contributed by atoms with Crippen molar-refractivity contribution in [3.05, 3.63) is 267 Å². The van der Waals surface area contributed by atoms with Crippen LogP contribution in [0.5, 0.6) is 0 Å². The van der Waals surface area contributed by atoms with Crippen molar-refractivity contribution >= 4 is 60.8 Å². The van der Waals surface area contributed by atoms with Crippen LogP contribution in [0.1, 0.15) is 0 Å². The van der Waals surface area contributed by atoms with Crippen LogP contribution in [-0.2, 0) is 0 Å². The molecule has 3 heteroatoms. The van der Waals surface area contributed by atoms with Crippen LogP contribution < -0.4 is 4.90 Å². The van der Waals surface area contributed by atoms with E-state index in [1.54, 1.807) is 0 Å². The predicted octanol–water partition coefficient (Wildman–Crippen LogP) is 18.5. The van der Waals surface area contributed by atoms with Gasteiger partial charge in [0.05, 0.1) is 16.7 Å². The molecule has 2 heterocycles. The summed E-state index contributed by atoms with van der Waals surface area (Å²) in [5.41, 5.74) is 20.1. The smallest absolute Gasteiger partial charge is 0.143 e. The van der Waals surface area contributed by atoms with Crippen molar-refractivity contribution in [1.29, 1.82) is 0 Å². The number of fused-ring (bicyclic) bond motifs is 6. The maximum Gasteiger partial charge on any atom is 0.143 e. The maximum absolute atomic E-state index is 6.48. The Morgan fingerprint density at radius 3 is 1.43 bits per heavy atom. The van der Waals surface area contributed by atoms with Gasteiger partial charge in [-0.05, 0) is 111 Å². The molecule has 0 saturated heterocycles. The van der Waals surface area contributed by atoms with Crippen LogP contribution in [0.25, 0.3) is 105 Å². The summed E-state index contributed by atoms with van der Waals surface area (Å²) >= 11 is 0. The van der Waals surface area contributed by atoms with Crippen molar-refractivity contribution < 1.29 is 4.42 Å². The monoisotopic (exact) mass is 880 g/mol. The van der Waals surface area contributed by atoms with E-state index in [-0.39, 0.29) is 0 Å². The fourth-order valence-electron chi connectivity index (χ4n) is 10.3. The maximum atomic E-state index is 6.48. The summed E-state index contributed by atoms with van der Waals surface area (Å²) < 4.78 is 8.89. The lowest BCUT2D eigenvalue weighted by molar-refractivity contribution is 0.670. The summed E-state index contributed by atoms with van der Waals surface area (Å²) in [5.74, 6) is 0. The SMILES string of the molecule is c1ccc(-c2cccc(-c3cccc(N(c4ccc(-c5cccc6c5oc5ccccc56)cc4)c4cccc(-c5ccc(-c6ccccc6-n6c7ccccc7c7ccccc76)cc5)c4)c3)c2)cc1. The number of nitrogens with zero attached hydrogens (tertiary/aromatic N) is 2. The first-order valence-corrected chi connectivity index (χ1v) is 23.6. The molecular weight excluding hydrogens is 837 g/mol. The van der Waals surface area contributed by atoms with Crippen molar-refractivity contribution in [2.75, 3.05) is 4.90 Å². The second kappa shape index (κ2) is 16.9. The minimum absolute atomic E-state index is 0.899. The molecule has 0 atom stereocenters. The first-order valence-electron chi connectivity index (χ1n) is 23.6. The third-order valence-electron chi connectivity index (χ3n) is 13.6. The highest BCUT2D eigenvalue weighted by Crippen LogP contribution is 2.42. The van der Waals surface area contributed by atoms with E-state index in [1.165, 1.54) is 49.6 Å². The highest BCUT2D eigenvalue weighted by Gasteiger charge is 2.19. The van der Waals surface area contributed by atoms with Crippen LogP contribution in [0.4, 0.5) is 17.1 Å². The molecule has 0 N–H and O–H groups in total. The fraction of sp³-hybridized carbons (Fsp3) is 0. The largest absolute Gasteiger partial charge is 0.455 e. The molecule has 0 spiro atoms. The normalized spacial score (nSPS) is 11.5. The van der Waals surface area contributed by atoms with Crippen LogP contribution in [0, 0.1) is 0 Å². The molecule has 0 amide bonds. The number of benzene rings is 11. The lowest BCUT2D eigenvalue weighted by Crippen LogP contribution is -2.10. The number of aromatic nitrogens is 1. The Labute approximate surface area is 401 Å². The predicted molar refractivity (Wildman–Crippen MR) is 290 cm³/mol. The average molecular weight is 881 g/mol. The molecule has 0 aliphatic heterocycles. The number of para-hydroxylation sites is 5. The number of hydrogen-bond acceptors (Lipinski definition) is 2. The van der Waals surface area contributed by atoms with Gasteiger partial charge in [-0.2, -0.15) is 0 Å². The van der Waals surface area contributed by atoms with Crippen LogP contribution in [0.3, 0.4) is 0 Å². The first kappa shape index (κ1) is 40.1. The summed E-state index contributed by atoms with van der Waals surface area (Å²) in [5, 5.41) is 4.77. The first-order chi connectivity index (χ1) is 34.2. The molecule has 2 aromatic heterocycles. The van der Waals surface area contributed by atoms with Crippen molar-refractivity contribution in [3.8, 4) is 61.3 Å². The molecule has 0 radical (unpaired) electrons. The lowest BCUT2D eigenvalue weighted by Gasteiger charge is -2.27. The quantitative estimate of drug-likeness (QED) is 0.144. The lowest BCUT2D eigenvalue weighted by atomic mass is 9.97. The molecule has 69 heavy (non-hydrogen) atoms. The van der Waals surface area contributed by atoms with E-state index >= 15 is 0 Å². The van der Waals surface area contributed by atoms with Gasteiger partial charge >= 0.3 is 0 Å². The minimum atomic E-state index is 0.899. The minimum Gasteiger partial charge on any atom is -0.455 e. The van der Waals surface area contributed by atoms with E-state index in [2.05, 4.69) is 264 Å². The summed E-state index contributed by atoms with van der Waals surface area (Å²) in [4.78, 5) is 2.37. The zero-order chi connectivity index (χ0) is 45.7. The van der Waals surface area contributed by atoms with E-state index < -0.39 is 0 Å². The molecule has 11 aromatic carbocycles. The summed E-state index contributed by atoms with van der Waals surface area (Å²) in [6.07, 6.45) is 0. The van der Waals surface area contributed by atoms with Gasteiger partial charge in [0.2, 0.25) is 0 Å². The summed E-state index contributed by atoms with van der Waals surface area (Å²) in [6, 6.07) is 96.1. The number of rotatable bonds is 9. The van der Waals surface area contributed by atoms with Crippen molar-refractivity contribution in [3.63, 3.8) is 0 Å². The third-order valence-corrected chi connectivity index (χ3v) is 13.6. The van der Waals surface area contributed by atoms with Crippen LogP contribution in [-0.4, -0.2) is 4.57 Å². The zero-order valence-corrected chi connectivity index (χ0v) is 37.7. The topological polar surface area (TPSA) is 21.3 Å². The molecule has 0 fully saturated rings. The van der Waals surface area contributed by atoms with E-state index in [9.17, 15) is 0 Å². The molecule has 13 rings (SSSR count). The van der Waals surface area contributed by atoms with Gasteiger partial charge in [-0.1, -0.05) is 200 Å². The number of hydrogen-bond donors (Lipinski definition) is 0. The van der Waals surface area contributed by atoms with E-state index in [4.69, 9.17) is 4.42 Å². The molecule has 0 saturated carbocycles. The van der Waals surface area contributed by atoms with Gasteiger partial charge in [0.15, 0.2) is 0 Å². The molecule has 0 unspecified atom stereocenters. The Morgan fingerprint density at radius 1 is 0.275 bits per heavy atom. The van der Waals surface area contributed by atoms with Gasteiger partial charge in [0, 0.05) is 49.7 Å². The van der Waals surface area contributed by atoms with Crippen molar-refractivity contribution in [2.24, 2.45) is 0 Å².